The molecule has 3 aromatic rings. The summed E-state index contributed by atoms with van der Waals surface area (Å²) < 4.78 is 21.9. The van der Waals surface area contributed by atoms with Crippen molar-refractivity contribution in [2.75, 3.05) is 19.6 Å². The summed E-state index contributed by atoms with van der Waals surface area (Å²) in [5, 5.41) is 27.5. The fourth-order valence-corrected chi connectivity index (χ4v) is 4.81. The zero-order chi connectivity index (χ0) is 28.8. The van der Waals surface area contributed by atoms with E-state index >= 15 is 0 Å². The summed E-state index contributed by atoms with van der Waals surface area (Å²) >= 11 is 0. The zero-order valence-corrected chi connectivity index (χ0v) is 22.3. The summed E-state index contributed by atoms with van der Waals surface area (Å²) in [6.45, 7) is 3.92. The number of benzene rings is 2. The van der Waals surface area contributed by atoms with Gasteiger partial charge < -0.3 is 24.7 Å². The SMILES string of the molecule is CC(C)CN(C(=O)c1nnn(-c2ccccc2F)c1COCc1ccccc1)[C@H]1C[C@@H](C(=O)O)CN(C(=O)O)C1. The van der Waals surface area contributed by atoms with Crippen LogP contribution in [0.2, 0.25) is 0 Å². The van der Waals surface area contributed by atoms with Gasteiger partial charge in [0.05, 0.1) is 25.2 Å². The summed E-state index contributed by atoms with van der Waals surface area (Å²) in [7, 11) is 0. The summed E-state index contributed by atoms with van der Waals surface area (Å²) in [5.41, 5.74) is 1.14. The molecular formula is C28H32FN5O6. The van der Waals surface area contributed by atoms with E-state index in [2.05, 4.69) is 10.3 Å². The van der Waals surface area contributed by atoms with Gasteiger partial charge in [-0.05, 0) is 30.0 Å². The predicted octanol–water partition coefficient (Wildman–Crippen LogP) is 3.67. The van der Waals surface area contributed by atoms with Crippen molar-refractivity contribution >= 4 is 18.0 Å². The van der Waals surface area contributed by atoms with Crippen molar-refractivity contribution < 1.29 is 33.7 Å². The molecule has 0 spiro atoms. The maximum atomic E-state index is 14.8. The van der Waals surface area contributed by atoms with Gasteiger partial charge in [-0.15, -0.1) is 5.10 Å². The van der Waals surface area contributed by atoms with Crippen molar-refractivity contribution in [2.24, 2.45) is 11.8 Å². The number of nitrogens with zero attached hydrogens (tertiary/aromatic N) is 5. The predicted molar refractivity (Wildman–Crippen MR) is 141 cm³/mol. The normalized spacial score (nSPS) is 17.1. The van der Waals surface area contributed by atoms with Crippen LogP contribution in [0.15, 0.2) is 54.6 Å². The molecule has 212 valence electrons. The second-order valence-corrected chi connectivity index (χ2v) is 10.2. The maximum Gasteiger partial charge on any atom is 0.407 e. The Morgan fingerprint density at radius 3 is 2.40 bits per heavy atom. The molecule has 1 saturated heterocycles. The highest BCUT2D eigenvalue weighted by Gasteiger charge is 2.39. The van der Waals surface area contributed by atoms with Gasteiger partial charge in [0.2, 0.25) is 0 Å². The molecule has 4 rings (SSSR count). The Morgan fingerprint density at radius 2 is 1.75 bits per heavy atom. The lowest BCUT2D eigenvalue weighted by Crippen LogP contribution is -2.56. The van der Waals surface area contributed by atoms with E-state index in [9.17, 15) is 29.0 Å². The molecule has 40 heavy (non-hydrogen) atoms. The molecule has 2 atom stereocenters. The third-order valence-electron chi connectivity index (χ3n) is 6.71. The van der Waals surface area contributed by atoms with Crippen LogP contribution in [-0.2, 0) is 22.7 Å². The van der Waals surface area contributed by atoms with Crippen molar-refractivity contribution in [3.8, 4) is 5.69 Å². The molecule has 2 amide bonds. The number of aliphatic carboxylic acids is 1. The first-order chi connectivity index (χ1) is 19.2. The minimum Gasteiger partial charge on any atom is -0.481 e. The Balaban J connectivity index is 1.70. The average molecular weight is 554 g/mol. The van der Waals surface area contributed by atoms with Gasteiger partial charge in [0.1, 0.15) is 17.2 Å². The summed E-state index contributed by atoms with van der Waals surface area (Å²) in [6, 6.07) is 14.6. The number of aromatic nitrogens is 3. The van der Waals surface area contributed by atoms with Gasteiger partial charge in [-0.25, -0.2) is 13.9 Å². The number of likely N-dealkylation sites (tertiary alicyclic amines) is 1. The molecule has 2 N–H and O–H groups in total. The first-order valence-corrected chi connectivity index (χ1v) is 13.0. The Hall–Kier alpha value is -4.32. The number of hydrogen-bond acceptors (Lipinski definition) is 6. The minimum absolute atomic E-state index is 0.0215. The molecule has 12 heteroatoms. The first kappa shape index (κ1) is 28.7. The molecule has 1 aromatic heterocycles. The Bertz CT molecular complexity index is 1330. The van der Waals surface area contributed by atoms with E-state index in [1.54, 1.807) is 6.07 Å². The number of para-hydroxylation sites is 1. The van der Waals surface area contributed by atoms with Gasteiger partial charge in [-0.3, -0.25) is 9.59 Å². The van der Waals surface area contributed by atoms with Crippen LogP contribution in [0.5, 0.6) is 0 Å². The van der Waals surface area contributed by atoms with E-state index in [4.69, 9.17) is 4.74 Å². The highest BCUT2D eigenvalue weighted by atomic mass is 19.1. The standard InChI is InChI=1S/C28H32FN5O6/c1-18(2)13-33(21-12-20(27(36)37)14-32(15-21)28(38)39)26(35)25-24(17-40-16-19-8-4-3-5-9-19)34(31-30-25)23-11-7-6-10-22(23)29/h3-11,18,20-21H,12-17H2,1-2H3,(H,36,37)(H,38,39)/t20-,21+/m1/s1. The van der Waals surface area contributed by atoms with Gasteiger partial charge in [-0.1, -0.05) is 61.5 Å². The van der Waals surface area contributed by atoms with E-state index in [-0.39, 0.29) is 62.3 Å². The molecular weight excluding hydrogens is 521 g/mol. The summed E-state index contributed by atoms with van der Waals surface area (Å²) in [4.78, 5) is 40.2. The zero-order valence-electron chi connectivity index (χ0n) is 22.3. The molecule has 2 aromatic carbocycles. The van der Waals surface area contributed by atoms with Gasteiger partial charge in [0, 0.05) is 19.6 Å². The van der Waals surface area contributed by atoms with Gasteiger partial charge in [0.25, 0.3) is 5.91 Å². The van der Waals surface area contributed by atoms with Crippen LogP contribution < -0.4 is 0 Å². The van der Waals surface area contributed by atoms with E-state index in [0.717, 1.165) is 10.5 Å². The van der Waals surface area contributed by atoms with Crippen LogP contribution in [0, 0.1) is 17.7 Å². The van der Waals surface area contributed by atoms with Crippen molar-refractivity contribution in [2.45, 2.75) is 39.5 Å². The molecule has 11 nitrogen and oxygen atoms in total. The Morgan fingerprint density at radius 1 is 1.05 bits per heavy atom. The lowest BCUT2D eigenvalue weighted by Gasteiger charge is -2.41. The van der Waals surface area contributed by atoms with Crippen LogP contribution in [0.3, 0.4) is 0 Å². The summed E-state index contributed by atoms with van der Waals surface area (Å²) in [6.07, 6.45) is -1.17. The number of piperidine rings is 1. The second kappa shape index (κ2) is 12.7. The fraction of sp³-hybridized carbons (Fsp3) is 0.393. The largest absolute Gasteiger partial charge is 0.481 e. The number of carbonyl (C=O) groups is 3. The highest BCUT2D eigenvalue weighted by molar-refractivity contribution is 5.93. The quantitative estimate of drug-likeness (QED) is 0.388. The third kappa shape index (κ3) is 6.63. The molecule has 0 aliphatic carbocycles. The monoisotopic (exact) mass is 553 g/mol. The fourth-order valence-electron chi connectivity index (χ4n) is 4.81. The molecule has 0 saturated carbocycles. The number of carboxylic acids is 1. The molecule has 0 radical (unpaired) electrons. The number of ether oxygens (including phenoxy) is 1. The lowest BCUT2D eigenvalue weighted by atomic mass is 9.92. The second-order valence-electron chi connectivity index (χ2n) is 10.2. The maximum absolute atomic E-state index is 14.8. The lowest BCUT2D eigenvalue weighted by molar-refractivity contribution is -0.144. The van der Waals surface area contributed by atoms with Crippen molar-refractivity contribution in [3.63, 3.8) is 0 Å². The molecule has 1 aliphatic rings. The van der Waals surface area contributed by atoms with Gasteiger partial charge >= 0.3 is 12.1 Å². The molecule has 1 aliphatic heterocycles. The van der Waals surface area contributed by atoms with Crippen LogP contribution in [-0.4, -0.2) is 78.7 Å². The number of hydrogen-bond donors (Lipinski definition) is 2. The Labute approximate surface area is 230 Å². The van der Waals surface area contributed by atoms with E-state index in [1.165, 1.54) is 27.8 Å². The first-order valence-electron chi connectivity index (χ1n) is 13.0. The molecule has 0 unspecified atom stereocenters. The van der Waals surface area contributed by atoms with Crippen molar-refractivity contribution in [1.29, 1.82) is 0 Å². The van der Waals surface area contributed by atoms with Gasteiger partial charge in [-0.2, -0.15) is 0 Å². The van der Waals surface area contributed by atoms with Crippen molar-refractivity contribution in [3.05, 3.63) is 77.4 Å². The van der Waals surface area contributed by atoms with Crippen LogP contribution in [0.25, 0.3) is 5.69 Å². The van der Waals surface area contributed by atoms with E-state index in [0.29, 0.717) is 0 Å². The third-order valence-corrected chi connectivity index (χ3v) is 6.71. The summed E-state index contributed by atoms with van der Waals surface area (Å²) in [5.74, 6) is -3.25. The molecule has 2 heterocycles. The topological polar surface area (TPSA) is 138 Å². The van der Waals surface area contributed by atoms with Gasteiger partial charge in [0.15, 0.2) is 5.69 Å². The molecule has 0 bridgehead atoms. The number of carboxylic acid groups (broad SMARTS) is 2. The van der Waals surface area contributed by atoms with Crippen LogP contribution in [0.4, 0.5) is 9.18 Å². The number of amides is 2. The van der Waals surface area contributed by atoms with E-state index < -0.39 is 35.7 Å². The number of carbonyl (C=O) groups excluding carboxylic acids is 1. The smallest absolute Gasteiger partial charge is 0.407 e. The van der Waals surface area contributed by atoms with Crippen molar-refractivity contribution in [1.82, 2.24) is 24.8 Å². The molecule has 1 fully saturated rings. The average Bonchev–Trinajstić information content (AvgIpc) is 3.35. The van der Waals surface area contributed by atoms with Crippen LogP contribution >= 0.6 is 0 Å². The number of halogens is 1. The number of rotatable bonds is 10. The highest BCUT2D eigenvalue weighted by Crippen LogP contribution is 2.26. The van der Waals surface area contributed by atoms with Crippen LogP contribution in [0.1, 0.15) is 42.0 Å². The minimum atomic E-state index is -1.26. The Kier molecular flexibility index (Phi) is 9.10. The van der Waals surface area contributed by atoms with E-state index in [1.807, 2.05) is 44.2 Å².